The lowest BCUT2D eigenvalue weighted by Crippen LogP contribution is -2.47. The lowest BCUT2D eigenvalue weighted by molar-refractivity contribution is 0.0943. The molecule has 0 saturated carbocycles. The van der Waals surface area contributed by atoms with E-state index in [-0.39, 0.29) is 16.1 Å². The summed E-state index contributed by atoms with van der Waals surface area (Å²) in [5, 5.41) is 6.08. The number of carbonyl (C=O) groups is 2. The summed E-state index contributed by atoms with van der Waals surface area (Å²) in [6, 6.07) is 10.1. The summed E-state index contributed by atoms with van der Waals surface area (Å²) in [6.07, 6.45) is 6.00. The van der Waals surface area contributed by atoms with Crippen molar-refractivity contribution < 1.29 is 14.0 Å². The van der Waals surface area contributed by atoms with Crippen molar-refractivity contribution in [3.8, 4) is 0 Å². The molecule has 0 aromatic heterocycles. The maximum absolute atomic E-state index is 13.8. The minimum Gasteiger partial charge on any atom is -0.361 e. The highest BCUT2D eigenvalue weighted by molar-refractivity contribution is 7.80. The van der Waals surface area contributed by atoms with E-state index in [1.807, 2.05) is 0 Å². The van der Waals surface area contributed by atoms with Crippen LogP contribution in [0.25, 0.3) is 0 Å². The Kier molecular flexibility index (Phi) is 10.1. The average molecular weight is 506 g/mol. The van der Waals surface area contributed by atoms with Gasteiger partial charge in [0.15, 0.2) is 5.11 Å². The fourth-order valence-electron chi connectivity index (χ4n) is 3.69. The van der Waals surface area contributed by atoms with Crippen LogP contribution in [0.4, 0.5) is 10.1 Å². The summed E-state index contributed by atoms with van der Waals surface area (Å²) in [4.78, 5) is 27.2. The van der Waals surface area contributed by atoms with Crippen molar-refractivity contribution in [2.75, 3.05) is 31.5 Å². The van der Waals surface area contributed by atoms with Gasteiger partial charge in [0.05, 0.1) is 16.1 Å². The van der Waals surface area contributed by atoms with E-state index >= 15 is 0 Å². The van der Waals surface area contributed by atoms with Crippen LogP contribution in [0.5, 0.6) is 0 Å². The van der Waals surface area contributed by atoms with Crippen molar-refractivity contribution in [3.63, 3.8) is 0 Å². The molecule has 0 spiro atoms. The van der Waals surface area contributed by atoms with Gasteiger partial charge in [-0.1, -0.05) is 30.2 Å². The van der Waals surface area contributed by atoms with Crippen molar-refractivity contribution >= 4 is 46.4 Å². The largest absolute Gasteiger partial charge is 0.361 e. The zero-order chi connectivity index (χ0) is 24.3. The summed E-state index contributed by atoms with van der Waals surface area (Å²) in [5.74, 6) is -1.72. The molecule has 4 N–H and O–H groups in total. The molecule has 1 fully saturated rings. The quantitative estimate of drug-likeness (QED) is 0.245. The van der Waals surface area contributed by atoms with Gasteiger partial charge in [-0.3, -0.25) is 20.4 Å². The Balaban J connectivity index is 1.39. The predicted octanol–water partition coefficient (Wildman–Crippen LogP) is 4.11. The normalized spacial score (nSPS) is 13.7. The molecule has 0 unspecified atom stereocenters. The van der Waals surface area contributed by atoms with Crippen LogP contribution in [0, 0.1) is 5.82 Å². The molecule has 1 saturated heterocycles. The SMILES string of the molecule is O=C(Nc1ccc(C(=O)NNC(=S)NCCCCN2CCCCC2)c(Cl)c1)c1ccccc1F. The van der Waals surface area contributed by atoms with Gasteiger partial charge in [-0.25, -0.2) is 4.39 Å². The van der Waals surface area contributed by atoms with E-state index in [0.29, 0.717) is 17.3 Å². The predicted molar refractivity (Wildman–Crippen MR) is 137 cm³/mol. The Hall–Kier alpha value is -2.75. The standard InChI is InChI=1S/C24H29ClFN5O2S/c25-20-16-17(28-22(32)19-8-2-3-9-21(19)26)10-11-18(20)23(33)29-30-24(34)27-12-4-7-15-31-13-5-1-6-14-31/h2-3,8-11,16H,1,4-7,12-15H2,(H,28,32)(H,29,33)(H2,27,30,34). The van der Waals surface area contributed by atoms with Crippen LogP contribution in [-0.4, -0.2) is 48.0 Å². The first-order valence-corrected chi connectivity index (χ1v) is 12.1. The van der Waals surface area contributed by atoms with Crippen LogP contribution in [0.1, 0.15) is 52.8 Å². The molecule has 0 bridgehead atoms. The molecular formula is C24H29ClFN5O2S. The second-order valence-electron chi connectivity index (χ2n) is 8.07. The van der Waals surface area contributed by atoms with Gasteiger partial charge in [0.25, 0.3) is 11.8 Å². The Labute approximate surface area is 209 Å². The topological polar surface area (TPSA) is 85.5 Å². The molecule has 0 radical (unpaired) electrons. The van der Waals surface area contributed by atoms with E-state index in [1.165, 1.54) is 68.8 Å². The molecular weight excluding hydrogens is 477 g/mol. The highest BCUT2D eigenvalue weighted by Gasteiger charge is 2.15. The average Bonchev–Trinajstić information content (AvgIpc) is 2.83. The number of nitrogens with zero attached hydrogens (tertiary/aromatic N) is 1. The minimum atomic E-state index is -0.625. The van der Waals surface area contributed by atoms with Gasteiger partial charge in [0.2, 0.25) is 0 Å². The van der Waals surface area contributed by atoms with E-state index in [2.05, 4.69) is 26.4 Å². The maximum Gasteiger partial charge on any atom is 0.271 e. The van der Waals surface area contributed by atoms with Crippen molar-refractivity contribution in [2.24, 2.45) is 0 Å². The van der Waals surface area contributed by atoms with Gasteiger partial charge in [0, 0.05) is 12.2 Å². The molecule has 7 nitrogen and oxygen atoms in total. The number of unbranched alkanes of at least 4 members (excludes halogenated alkanes) is 1. The molecule has 2 aromatic rings. The number of rotatable bonds is 8. The van der Waals surface area contributed by atoms with Gasteiger partial charge in [-0.2, -0.15) is 0 Å². The molecule has 10 heteroatoms. The second kappa shape index (κ2) is 13.2. The van der Waals surface area contributed by atoms with Gasteiger partial charge in [-0.15, -0.1) is 0 Å². The summed E-state index contributed by atoms with van der Waals surface area (Å²) >= 11 is 11.4. The van der Waals surface area contributed by atoms with Gasteiger partial charge in [0.1, 0.15) is 5.82 Å². The Bertz CT molecular complexity index is 1020. The molecule has 0 aliphatic carbocycles. The summed E-state index contributed by atoms with van der Waals surface area (Å²) < 4.78 is 13.8. The fraction of sp³-hybridized carbons (Fsp3) is 0.375. The second-order valence-corrected chi connectivity index (χ2v) is 8.89. The van der Waals surface area contributed by atoms with E-state index in [1.54, 1.807) is 6.07 Å². The molecule has 1 aliphatic rings. The molecule has 0 atom stereocenters. The number of thiocarbonyl (C=S) groups is 1. The molecule has 34 heavy (non-hydrogen) atoms. The number of benzene rings is 2. The number of anilines is 1. The summed E-state index contributed by atoms with van der Waals surface area (Å²) in [7, 11) is 0. The number of carbonyl (C=O) groups excluding carboxylic acids is 2. The lowest BCUT2D eigenvalue weighted by Gasteiger charge is -2.26. The van der Waals surface area contributed by atoms with E-state index in [0.717, 1.165) is 19.4 Å². The van der Waals surface area contributed by atoms with Crippen molar-refractivity contribution in [2.45, 2.75) is 32.1 Å². The zero-order valence-electron chi connectivity index (χ0n) is 18.8. The van der Waals surface area contributed by atoms with Gasteiger partial charge < -0.3 is 15.5 Å². The number of amides is 2. The first-order valence-electron chi connectivity index (χ1n) is 11.4. The smallest absolute Gasteiger partial charge is 0.271 e. The molecule has 3 rings (SSSR count). The van der Waals surface area contributed by atoms with Crippen LogP contribution < -0.4 is 21.5 Å². The molecule has 1 aliphatic heterocycles. The molecule has 182 valence electrons. The number of nitrogens with one attached hydrogen (secondary N) is 4. The third-order valence-corrected chi connectivity index (χ3v) is 6.07. The van der Waals surface area contributed by atoms with Crippen LogP contribution in [0.2, 0.25) is 5.02 Å². The van der Waals surface area contributed by atoms with Gasteiger partial charge in [-0.05, 0) is 87.9 Å². The van der Waals surface area contributed by atoms with Gasteiger partial charge >= 0.3 is 0 Å². The third-order valence-electron chi connectivity index (χ3n) is 5.51. The van der Waals surface area contributed by atoms with Crippen LogP contribution in [0.3, 0.4) is 0 Å². The lowest BCUT2D eigenvalue weighted by atomic mass is 10.1. The van der Waals surface area contributed by atoms with Crippen LogP contribution >= 0.6 is 23.8 Å². The summed E-state index contributed by atoms with van der Waals surface area (Å²) in [6.45, 7) is 4.21. The molecule has 2 aromatic carbocycles. The number of hydrazine groups is 1. The minimum absolute atomic E-state index is 0.0860. The molecule has 1 heterocycles. The van der Waals surface area contributed by atoms with Crippen molar-refractivity contribution in [1.29, 1.82) is 0 Å². The number of likely N-dealkylation sites (tertiary alicyclic amines) is 1. The first kappa shape index (κ1) is 25.9. The monoisotopic (exact) mass is 505 g/mol. The third kappa shape index (κ3) is 7.93. The van der Waals surface area contributed by atoms with Crippen molar-refractivity contribution in [1.82, 2.24) is 21.1 Å². The highest BCUT2D eigenvalue weighted by Crippen LogP contribution is 2.22. The summed E-state index contributed by atoms with van der Waals surface area (Å²) in [5.41, 5.74) is 5.61. The Morgan fingerprint density at radius 2 is 1.74 bits per heavy atom. The number of hydrogen-bond donors (Lipinski definition) is 4. The number of halogens is 2. The van der Waals surface area contributed by atoms with E-state index in [4.69, 9.17) is 23.8 Å². The first-order chi connectivity index (χ1) is 16.4. The highest BCUT2D eigenvalue weighted by atomic mass is 35.5. The Morgan fingerprint density at radius 1 is 0.971 bits per heavy atom. The van der Waals surface area contributed by atoms with Crippen LogP contribution in [-0.2, 0) is 0 Å². The van der Waals surface area contributed by atoms with Crippen LogP contribution in [0.15, 0.2) is 42.5 Å². The number of piperidine rings is 1. The Morgan fingerprint density at radius 3 is 2.47 bits per heavy atom. The van der Waals surface area contributed by atoms with E-state index in [9.17, 15) is 14.0 Å². The number of hydrogen-bond acceptors (Lipinski definition) is 4. The fourth-order valence-corrected chi connectivity index (χ4v) is 4.11. The zero-order valence-corrected chi connectivity index (χ0v) is 20.4. The van der Waals surface area contributed by atoms with Crippen molar-refractivity contribution in [3.05, 3.63) is 64.4 Å². The molecule has 2 amide bonds. The van der Waals surface area contributed by atoms with E-state index < -0.39 is 17.6 Å². The maximum atomic E-state index is 13.8.